The zero-order valence-electron chi connectivity index (χ0n) is 11.9. The van der Waals surface area contributed by atoms with Crippen LogP contribution >= 0.6 is 11.8 Å². The summed E-state index contributed by atoms with van der Waals surface area (Å²) in [7, 11) is 0. The van der Waals surface area contributed by atoms with Gasteiger partial charge in [0, 0.05) is 28.7 Å². The summed E-state index contributed by atoms with van der Waals surface area (Å²) in [5.41, 5.74) is 7.71. The number of hydrogen-bond donors (Lipinski definition) is 1. The normalized spacial score (nSPS) is 12.2. The summed E-state index contributed by atoms with van der Waals surface area (Å²) < 4.78 is 5.60. The second-order valence-electron chi connectivity index (χ2n) is 4.50. The van der Waals surface area contributed by atoms with Crippen LogP contribution in [0.5, 0.6) is 5.75 Å². The smallest absolute Gasteiger partial charge is 0.159 e. The van der Waals surface area contributed by atoms with Crippen molar-refractivity contribution in [2.24, 2.45) is 5.73 Å². The lowest BCUT2D eigenvalue weighted by Gasteiger charge is -2.13. The minimum absolute atomic E-state index is 0.0829. The third-order valence-electron chi connectivity index (χ3n) is 2.88. The number of benzene rings is 1. The summed E-state index contributed by atoms with van der Waals surface area (Å²) in [5, 5.41) is 0. The number of rotatable bonds is 8. The number of nitrogens with two attached hydrogens (primary N) is 1. The van der Waals surface area contributed by atoms with Gasteiger partial charge in [0.15, 0.2) is 5.78 Å². The molecule has 0 heterocycles. The number of carbonyl (C=O) groups excluding carboxylic acids is 1. The molecule has 0 aliphatic rings. The molecule has 0 saturated carbocycles. The highest BCUT2D eigenvalue weighted by atomic mass is 32.2. The molecule has 0 radical (unpaired) electrons. The van der Waals surface area contributed by atoms with Crippen molar-refractivity contribution in [1.29, 1.82) is 0 Å². The van der Waals surface area contributed by atoms with Gasteiger partial charge in [-0.3, -0.25) is 4.79 Å². The van der Waals surface area contributed by atoms with E-state index in [9.17, 15) is 4.79 Å². The van der Waals surface area contributed by atoms with Crippen molar-refractivity contribution < 1.29 is 9.53 Å². The predicted molar refractivity (Wildman–Crippen MR) is 82.0 cm³/mol. The van der Waals surface area contributed by atoms with Gasteiger partial charge in [0.1, 0.15) is 5.75 Å². The van der Waals surface area contributed by atoms with Gasteiger partial charge in [-0.2, -0.15) is 11.8 Å². The van der Waals surface area contributed by atoms with Crippen molar-refractivity contribution in [3.05, 3.63) is 29.3 Å². The second-order valence-corrected chi connectivity index (χ2v) is 5.53. The van der Waals surface area contributed by atoms with Crippen molar-refractivity contribution in [3.8, 4) is 5.75 Å². The molecule has 2 N–H and O–H groups in total. The van der Waals surface area contributed by atoms with Crippen molar-refractivity contribution >= 4 is 17.5 Å². The Morgan fingerprint density at radius 3 is 2.74 bits per heavy atom. The van der Waals surface area contributed by atoms with Gasteiger partial charge in [-0.1, -0.05) is 6.92 Å². The van der Waals surface area contributed by atoms with Gasteiger partial charge < -0.3 is 10.5 Å². The first kappa shape index (κ1) is 16.1. The number of thioether (sulfide) groups is 1. The molecule has 3 nitrogen and oxygen atoms in total. The number of ketones is 1. The highest BCUT2D eigenvalue weighted by Crippen LogP contribution is 2.25. The van der Waals surface area contributed by atoms with E-state index < -0.39 is 0 Å². The van der Waals surface area contributed by atoms with Crippen LogP contribution in [0.15, 0.2) is 18.2 Å². The Morgan fingerprint density at radius 1 is 1.42 bits per heavy atom. The molecule has 0 aromatic heterocycles. The van der Waals surface area contributed by atoms with E-state index >= 15 is 0 Å². The zero-order chi connectivity index (χ0) is 14.3. The maximum atomic E-state index is 11.4. The molecule has 0 spiro atoms. The maximum absolute atomic E-state index is 11.4. The molecule has 106 valence electrons. The molecule has 0 fully saturated rings. The highest BCUT2D eigenvalue weighted by Gasteiger charge is 2.08. The van der Waals surface area contributed by atoms with E-state index in [0.29, 0.717) is 6.61 Å². The Labute approximate surface area is 119 Å². The van der Waals surface area contributed by atoms with Gasteiger partial charge in [-0.15, -0.1) is 0 Å². The maximum Gasteiger partial charge on any atom is 0.159 e. The van der Waals surface area contributed by atoms with Crippen LogP contribution in [0.3, 0.4) is 0 Å². The molecule has 1 atom stereocenters. The molecule has 0 aliphatic heterocycles. The molecule has 0 aliphatic carbocycles. The second kappa shape index (κ2) is 8.23. The van der Waals surface area contributed by atoms with E-state index in [4.69, 9.17) is 10.5 Å². The minimum Gasteiger partial charge on any atom is -0.494 e. The van der Waals surface area contributed by atoms with Crippen LogP contribution in [0.1, 0.15) is 43.1 Å². The molecule has 1 rings (SSSR count). The molecular weight excluding hydrogens is 258 g/mol. The third-order valence-corrected chi connectivity index (χ3v) is 4.06. The first-order valence-corrected chi connectivity index (χ1v) is 7.83. The monoisotopic (exact) mass is 281 g/mol. The van der Waals surface area contributed by atoms with Gasteiger partial charge in [-0.05, 0) is 38.5 Å². The number of hydrogen-bond acceptors (Lipinski definition) is 4. The van der Waals surface area contributed by atoms with E-state index in [1.54, 1.807) is 18.7 Å². The fourth-order valence-electron chi connectivity index (χ4n) is 1.65. The Kier molecular flexibility index (Phi) is 6.95. The van der Waals surface area contributed by atoms with Gasteiger partial charge in [-0.25, -0.2) is 0 Å². The van der Waals surface area contributed by atoms with Crippen LogP contribution in [0.2, 0.25) is 0 Å². The van der Waals surface area contributed by atoms with E-state index in [1.807, 2.05) is 25.1 Å². The standard InChI is InChI=1S/C15H23NO2S/c1-4-14(16)10-19-9-13-8-12(11(3)17)6-7-15(13)18-5-2/h6-8,14H,4-5,9-10,16H2,1-3H3. The minimum atomic E-state index is 0.0829. The fraction of sp³-hybridized carbons (Fsp3) is 0.533. The molecule has 0 bridgehead atoms. The van der Waals surface area contributed by atoms with Gasteiger partial charge in [0.2, 0.25) is 0 Å². The van der Waals surface area contributed by atoms with Crippen LogP contribution in [0.25, 0.3) is 0 Å². The Morgan fingerprint density at radius 2 is 2.16 bits per heavy atom. The van der Waals surface area contributed by atoms with Gasteiger partial charge >= 0.3 is 0 Å². The molecule has 19 heavy (non-hydrogen) atoms. The molecule has 1 unspecified atom stereocenters. The van der Waals surface area contributed by atoms with Crippen molar-refractivity contribution in [2.75, 3.05) is 12.4 Å². The Bertz CT molecular complexity index is 421. The van der Waals surface area contributed by atoms with E-state index in [0.717, 1.165) is 34.8 Å². The van der Waals surface area contributed by atoms with Crippen molar-refractivity contribution in [2.45, 2.75) is 39.0 Å². The molecule has 0 amide bonds. The lowest BCUT2D eigenvalue weighted by molar-refractivity contribution is 0.101. The van der Waals surface area contributed by atoms with Crippen LogP contribution in [-0.4, -0.2) is 24.2 Å². The fourth-order valence-corrected chi connectivity index (χ4v) is 2.75. The highest BCUT2D eigenvalue weighted by molar-refractivity contribution is 7.98. The zero-order valence-corrected chi connectivity index (χ0v) is 12.8. The SMILES string of the molecule is CCOc1ccc(C(C)=O)cc1CSCC(N)CC. The summed E-state index contributed by atoms with van der Waals surface area (Å²) in [5.74, 6) is 2.70. The quantitative estimate of drug-likeness (QED) is 0.743. The molecule has 1 aromatic rings. The largest absolute Gasteiger partial charge is 0.494 e. The summed E-state index contributed by atoms with van der Waals surface area (Å²) in [6.07, 6.45) is 0.985. The van der Waals surface area contributed by atoms with Crippen molar-refractivity contribution in [3.63, 3.8) is 0 Å². The summed E-state index contributed by atoms with van der Waals surface area (Å²) in [4.78, 5) is 11.4. The third kappa shape index (κ3) is 5.25. The molecule has 1 aromatic carbocycles. The first-order chi connectivity index (χ1) is 9.08. The van der Waals surface area contributed by atoms with Crippen LogP contribution in [0, 0.1) is 0 Å². The van der Waals surface area contributed by atoms with E-state index in [1.165, 1.54) is 0 Å². The van der Waals surface area contributed by atoms with Gasteiger partial charge in [0.25, 0.3) is 0 Å². The van der Waals surface area contributed by atoms with Crippen molar-refractivity contribution in [1.82, 2.24) is 0 Å². The average Bonchev–Trinajstić information content (AvgIpc) is 2.40. The molecular formula is C15H23NO2S. The summed E-state index contributed by atoms with van der Waals surface area (Å²) >= 11 is 1.78. The average molecular weight is 281 g/mol. The predicted octanol–water partition coefficient (Wildman–Crippen LogP) is 3.26. The Hall–Kier alpha value is -1.00. The lowest BCUT2D eigenvalue weighted by Crippen LogP contribution is -2.21. The van der Waals surface area contributed by atoms with Gasteiger partial charge in [0.05, 0.1) is 6.61 Å². The van der Waals surface area contributed by atoms with Crippen LogP contribution in [-0.2, 0) is 5.75 Å². The molecule has 4 heteroatoms. The summed E-state index contributed by atoms with van der Waals surface area (Å²) in [6.45, 7) is 6.27. The van der Waals surface area contributed by atoms with Crippen LogP contribution < -0.4 is 10.5 Å². The van der Waals surface area contributed by atoms with Crippen LogP contribution in [0.4, 0.5) is 0 Å². The Balaban J connectivity index is 2.76. The van der Waals surface area contributed by atoms with E-state index in [-0.39, 0.29) is 11.8 Å². The topological polar surface area (TPSA) is 52.3 Å². The lowest BCUT2D eigenvalue weighted by atomic mass is 10.1. The first-order valence-electron chi connectivity index (χ1n) is 6.68. The summed E-state index contributed by atoms with van der Waals surface area (Å²) in [6, 6.07) is 5.86. The number of carbonyl (C=O) groups is 1. The van der Waals surface area contributed by atoms with E-state index in [2.05, 4.69) is 6.92 Å². The number of Topliss-reactive ketones (excluding diaryl/α,β-unsaturated/α-hetero) is 1. The number of ether oxygens (including phenoxy) is 1. The molecule has 0 saturated heterocycles.